The number of aromatic nitrogens is 2. The fourth-order valence-corrected chi connectivity index (χ4v) is 3.61. The molecule has 3 aromatic rings. The Balaban J connectivity index is 1.53. The van der Waals surface area contributed by atoms with Crippen molar-refractivity contribution in [3.8, 4) is 5.69 Å². The Morgan fingerprint density at radius 1 is 1.16 bits per heavy atom. The fraction of sp³-hybridized carbons (Fsp3) is 0.381. The van der Waals surface area contributed by atoms with Gasteiger partial charge in [-0.2, -0.15) is 0 Å². The van der Waals surface area contributed by atoms with Gasteiger partial charge in [0.1, 0.15) is 6.33 Å². The lowest BCUT2D eigenvalue weighted by Crippen LogP contribution is -2.48. The van der Waals surface area contributed by atoms with Crippen molar-refractivity contribution in [1.82, 2.24) is 14.5 Å². The van der Waals surface area contributed by atoms with E-state index in [1.54, 1.807) is 0 Å². The highest BCUT2D eigenvalue weighted by Gasteiger charge is 2.35. The van der Waals surface area contributed by atoms with Crippen molar-refractivity contribution in [2.24, 2.45) is 5.41 Å². The van der Waals surface area contributed by atoms with E-state index in [0.717, 1.165) is 36.5 Å². The van der Waals surface area contributed by atoms with Gasteiger partial charge >= 0.3 is 0 Å². The van der Waals surface area contributed by atoms with Crippen LogP contribution in [0.4, 0.5) is 0 Å². The summed E-state index contributed by atoms with van der Waals surface area (Å²) in [6.07, 6.45) is 1.90. The second kappa shape index (κ2) is 6.28. The number of benzene rings is 2. The molecule has 1 aliphatic rings. The molecule has 4 nitrogen and oxygen atoms in total. The lowest BCUT2D eigenvalue weighted by atomic mass is 9.87. The van der Waals surface area contributed by atoms with Crippen LogP contribution in [0.2, 0.25) is 0 Å². The van der Waals surface area contributed by atoms with Gasteiger partial charge in [-0.25, -0.2) is 4.98 Å². The Bertz CT molecular complexity index is 864. The molecule has 1 unspecified atom stereocenters. The highest BCUT2D eigenvalue weighted by Crippen LogP contribution is 2.31. The molecule has 1 saturated heterocycles. The minimum atomic E-state index is 0.304. The minimum absolute atomic E-state index is 0.304. The third kappa shape index (κ3) is 3.08. The first-order chi connectivity index (χ1) is 12.1. The smallest absolute Gasteiger partial charge is 0.100 e. The summed E-state index contributed by atoms with van der Waals surface area (Å²) < 4.78 is 7.52. The number of hydrogen-bond acceptors (Lipinski definition) is 3. The average molecular weight is 335 g/mol. The van der Waals surface area contributed by atoms with Crippen LogP contribution >= 0.6 is 0 Å². The third-order valence-corrected chi connectivity index (χ3v) is 5.30. The Morgan fingerprint density at radius 3 is 2.56 bits per heavy atom. The van der Waals surface area contributed by atoms with Crippen LogP contribution in [0.15, 0.2) is 54.9 Å². The van der Waals surface area contributed by atoms with Crippen LogP contribution in [-0.4, -0.2) is 41.3 Å². The summed E-state index contributed by atoms with van der Waals surface area (Å²) in [7, 11) is 2.20. The number of ether oxygens (including phenoxy) is 1. The molecule has 2 aromatic carbocycles. The van der Waals surface area contributed by atoms with Crippen molar-refractivity contribution in [2.75, 3.05) is 26.8 Å². The largest absolute Gasteiger partial charge is 0.380 e. The molecule has 4 heteroatoms. The zero-order chi connectivity index (χ0) is 17.4. The SMILES string of the molecule is CC(c1ccc(-n2cnc3ccccc32)cc1)N(C)CC1(C)COC1. The topological polar surface area (TPSA) is 30.3 Å². The normalized spacial score (nSPS) is 17.6. The van der Waals surface area contributed by atoms with E-state index in [4.69, 9.17) is 4.74 Å². The predicted octanol–water partition coefficient (Wildman–Crippen LogP) is 4.05. The Hall–Kier alpha value is -2.17. The molecule has 25 heavy (non-hydrogen) atoms. The Morgan fingerprint density at radius 2 is 1.88 bits per heavy atom. The zero-order valence-electron chi connectivity index (χ0n) is 15.1. The van der Waals surface area contributed by atoms with Crippen LogP contribution in [0.25, 0.3) is 16.7 Å². The van der Waals surface area contributed by atoms with Crippen molar-refractivity contribution in [2.45, 2.75) is 19.9 Å². The molecule has 1 aromatic heterocycles. The second-order valence-corrected chi connectivity index (χ2v) is 7.59. The molecular weight excluding hydrogens is 310 g/mol. The van der Waals surface area contributed by atoms with E-state index in [0.29, 0.717) is 11.5 Å². The number of rotatable bonds is 5. The van der Waals surface area contributed by atoms with Crippen molar-refractivity contribution in [3.05, 3.63) is 60.4 Å². The number of imidazole rings is 1. The second-order valence-electron chi connectivity index (χ2n) is 7.59. The van der Waals surface area contributed by atoms with Crippen molar-refractivity contribution in [3.63, 3.8) is 0 Å². The summed E-state index contributed by atoms with van der Waals surface area (Å²) in [5.74, 6) is 0. The van der Waals surface area contributed by atoms with Crippen molar-refractivity contribution < 1.29 is 4.74 Å². The van der Waals surface area contributed by atoms with E-state index >= 15 is 0 Å². The van der Waals surface area contributed by atoms with Gasteiger partial charge in [-0.3, -0.25) is 9.47 Å². The van der Waals surface area contributed by atoms with Gasteiger partial charge in [-0.1, -0.05) is 31.2 Å². The van der Waals surface area contributed by atoms with E-state index in [1.807, 2.05) is 18.5 Å². The van der Waals surface area contributed by atoms with E-state index in [-0.39, 0.29) is 0 Å². The first-order valence-electron chi connectivity index (χ1n) is 8.86. The molecule has 1 aliphatic heterocycles. The van der Waals surface area contributed by atoms with Gasteiger partial charge in [0.05, 0.1) is 24.2 Å². The van der Waals surface area contributed by atoms with Gasteiger partial charge in [0.2, 0.25) is 0 Å². The number of para-hydroxylation sites is 2. The maximum Gasteiger partial charge on any atom is 0.100 e. The number of hydrogen-bond donors (Lipinski definition) is 0. The highest BCUT2D eigenvalue weighted by atomic mass is 16.5. The van der Waals surface area contributed by atoms with Crippen LogP contribution in [0.3, 0.4) is 0 Å². The molecular formula is C21H25N3O. The van der Waals surface area contributed by atoms with Crippen molar-refractivity contribution >= 4 is 11.0 Å². The quantitative estimate of drug-likeness (QED) is 0.704. The summed E-state index contributed by atoms with van der Waals surface area (Å²) >= 11 is 0. The van der Waals surface area contributed by atoms with Gasteiger partial charge in [-0.15, -0.1) is 0 Å². The molecule has 0 amide bonds. The minimum Gasteiger partial charge on any atom is -0.380 e. The maximum absolute atomic E-state index is 5.38. The molecule has 0 N–H and O–H groups in total. The standard InChI is InChI=1S/C21H25N3O/c1-16(23(3)12-21(2)13-25-14-21)17-8-10-18(11-9-17)24-15-22-19-6-4-5-7-20(19)24/h4-11,15-16H,12-14H2,1-3H3. The van der Waals surface area contributed by atoms with Gasteiger partial charge in [0.25, 0.3) is 0 Å². The molecule has 2 heterocycles. The molecule has 4 rings (SSSR count). The molecule has 130 valence electrons. The fourth-order valence-electron chi connectivity index (χ4n) is 3.61. The summed E-state index contributed by atoms with van der Waals surface area (Å²) in [6.45, 7) is 7.37. The molecule has 1 atom stereocenters. The molecule has 1 fully saturated rings. The van der Waals surface area contributed by atoms with Crippen LogP contribution in [0.1, 0.15) is 25.5 Å². The van der Waals surface area contributed by atoms with E-state index in [1.165, 1.54) is 5.56 Å². The molecule has 0 radical (unpaired) electrons. The molecule has 0 spiro atoms. The summed E-state index contributed by atoms with van der Waals surface area (Å²) in [5, 5.41) is 0. The summed E-state index contributed by atoms with van der Waals surface area (Å²) in [5.41, 5.74) is 4.94. The van der Waals surface area contributed by atoms with Crippen molar-refractivity contribution in [1.29, 1.82) is 0 Å². The Labute approximate surface area is 149 Å². The maximum atomic E-state index is 5.38. The van der Waals surface area contributed by atoms with E-state index in [2.05, 4.69) is 71.7 Å². The molecule has 0 bridgehead atoms. The van der Waals surface area contributed by atoms with E-state index < -0.39 is 0 Å². The van der Waals surface area contributed by atoms with E-state index in [9.17, 15) is 0 Å². The highest BCUT2D eigenvalue weighted by molar-refractivity contribution is 5.77. The monoisotopic (exact) mass is 335 g/mol. The third-order valence-electron chi connectivity index (χ3n) is 5.30. The Kier molecular flexibility index (Phi) is 4.10. The van der Waals surface area contributed by atoms with Crippen LogP contribution in [-0.2, 0) is 4.74 Å². The zero-order valence-corrected chi connectivity index (χ0v) is 15.1. The average Bonchev–Trinajstić information content (AvgIpc) is 3.04. The first kappa shape index (κ1) is 16.3. The lowest BCUT2D eigenvalue weighted by molar-refractivity contribution is -0.115. The summed E-state index contributed by atoms with van der Waals surface area (Å²) in [6, 6.07) is 17.4. The number of nitrogens with zero attached hydrogens (tertiary/aromatic N) is 3. The van der Waals surface area contributed by atoms with Crippen LogP contribution < -0.4 is 0 Å². The van der Waals surface area contributed by atoms with Crippen LogP contribution in [0, 0.1) is 5.41 Å². The lowest BCUT2D eigenvalue weighted by Gasteiger charge is -2.42. The predicted molar refractivity (Wildman–Crippen MR) is 101 cm³/mol. The molecule has 0 saturated carbocycles. The first-order valence-corrected chi connectivity index (χ1v) is 8.86. The van der Waals surface area contributed by atoms with Gasteiger partial charge in [-0.05, 0) is 43.8 Å². The molecule has 0 aliphatic carbocycles. The van der Waals surface area contributed by atoms with Gasteiger partial charge in [0.15, 0.2) is 0 Å². The van der Waals surface area contributed by atoms with Gasteiger partial charge in [0, 0.05) is 23.7 Å². The van der Waals surface area contributed by atoms with Gasteiger partial charge < -0.3 is 4.74 Å². The summed E-state index contributed by atoms with van der Waals surface area (Å²) in [4.78, 5) is 6.90. The number of fused-ring (bicyclic) bond motifs is 1. The van der Waals surface area contributed by atoms with Crippen LogP contribution in [0.5, 0.6) is 0 Å².